The van der Waals surface area contributed by atoms with Crippen molar-refractivity contribution in [1.82, 2.24) is 0 Å². The average molecular weight is 547 g/mol. The van der Waals surface area contributed by atoms with Gasteiger partial charge in [-0.2, -0.15) is 0 Å². The molecule has 1 saturated heterocycles. The second kappa shape index (κ2) is 14.4. The van der Waals surface area contributed by atoms with Crippen LogP contribution in [-0.4, -0.2) is 48.0 Å². The third-order valence-electron chi connectivity index (χ3n) is 7.91. The molecule has 1 aliphatic heterocycles. The summed E-state index contributed by atoms with van der Waals surface area (Å²) in [5.74, 6) is 0.476. The highest BCUT2D eigenvalue weighted by Gasteiger charge is 2.48. The van der Waals surface area contributed by atoms with Crippen molar-refractivity contribution in [3.8, 4) is 0 Å². The standard InChI is InChI=1S/C34H42O6/c1-24-18-19-30(29(35)20-24)40-34-33(38-23-28-16-10-5-11-17-28)32(37-22-27-14-8-4-9-15-27)31(25(2)39-34)36-21-26-12-6-3-7-13-26/h3-17,24-25,29-35H,18-23H2,1-2H3/t24?,25-,29+,30+,31+,32+,33-,34-/m0/s1. The van der Waals surface area contributed by atoms with Gasteiger partial charge in [-0.05, 0) is 48.8 Å². The van der Waals surface area contributed by atoms with Gasteiger partial charge in [0, 0.05) is 0 Å². The lowest BCUT2D eigenvalue weighted by Gasteiger charge is -2.46. The molecule has 2 aliphatic rings. The second-order valence-electron chi connectivity index (χ2n) is 11.2. The number of benzene rings is 3. The van der Waals surface area contributed by atoms with Crippen molar-refractivity contribution in [2.24, 2.45) is 5.92 Å². The molecule has 8 atom stereocenters. The lowest BCUT2D eigenvalue weighted by atomic mass is 9.86. The molecule has 214 valence electrons. The summed E-state index contributed by atoms with van der Waals surface area (Å²) in [5.41, 5.74) is 3.20. The van der Waals surface area contributed by atoms with Crippen LogP contribution in [0.25, 0.3) is 0 Å². The molecule has 1 heterocycles. The van der Waals surface area contributed by atoms with Crippen molar-refractivity contribution in [3.05, 3.63) is 108 Å². The van der Waals surface area contributed by atoms with Crippen LogP contribution >= 0.6 is 0 Å². The zero-order valence-electron chi connectivity index (χ0n) is 23.5. The van der Waals surface area contributed by atoms with E-state index in [1.165, 1.54) is 0 Å². The van der Waals surface area contributed by atoms with Crippen LogP contribution in [0.15, 0.2) is 91.0 Å². The molecule has 1 unspecified atom stereocenters. The van der Waals surface area contributed by atoms with E-state index in [0.29, 0.717) is 25.7 Å². The summed E-state index contributed by atoms with van der Waals surface area (Å²) in [4.78, 5) is 0. The normalized spacial score (nSPS) is 30.7. The highest BCUT2D eigenvalue weighted by molar-refractivity contribution is 5.15. The SMILES string of the molecule is CC1CC[C@@H](O[C@@H]2O[C@@H](C)[C@@H](OCc3ccccc3)[C@@H](OCc3ccccc3)[C@@H]2OCc2ccccc2)[C@H](O)C1. The number of aliphatic hydroxyl groups is 1. The number of hydrogen-bond acceptors (Lipinski definition) is 6. The zero-order valence-corrected chi connectivity index (χ0v) is 23.5. The van der Waals surface area contributed by atoms with Crippen molar-refractivity contribution >= 4 is 0 Å². The Morgan fingerprint density at radius 2 is 1.12 bits per heavy atom. The van der Waals surface area contributed by atoms with Gasteiger partial charge in [0.25, 0.3) is 0 Å². The number of hydrogen-bond donors (Lipinski definition) is 1. The van der Waals surface area contributed by atoms with Crippen molar-refractivity contribution in [2.45, 2.75) is 95.8 Å². The number of ether oxygens (including phenoxy) is 5. The van der Waals surface area contributed by atoms with Crippen LogP contribution < -0.4 is 0 Å². The first-order valence-corrected chi connectivity index (χ1v) is 14.5. The van der Waals surface area contributed by atoms with Crippen LogP contribution in [0.3, 0.4) is 0 Å². The molecule has 1 N–H and O–H groups in total. The Morgan fingerprint density at radius 3 is 1.62 bits per heavy atom. The summed E-state index contributed by atoms with van der Waals surface area (Å²) in [5, 5.41) is 10.8. The molecule has 6 nitrogen and oxygen atoms in total. The fourth-order valence-electron chi connectivity index (χ4n) is 5.63. The maximum absolute atomic E-state index is 10.8. The first-order chi connectivity index (χ1) is 19.6. The van der Waals surface area contributed by atoms with Crippen LogP contribution in [0.1, 0.15) is 49.8 Å². The molecule has 0 spiro atoms. The quantitative estimate of drug-likeness (QED) is 0.316. The molecule has 0 radical (unpaired) electrons. The molecule has 5 rings (SSSR count). The Kier molecular flexibility index (Phi) is 10.4. The van der Waals surface area contributed by atoms with Crippen molar-refractivity contribution < 1.29 is 28.8 Å². The third-order valence-corrected chi connectivity index (χ3v) is 7.91. The Balaban J connectivity index is 1.39. The number of rotatable bonds is 11. The summed E-state index contributed by atoms with van der Waals surface area (Å²) >= 11 is 0. The van der Waals surface area contributed by atoms with E-state index in [9.17, 15) is 5.11 Å². The third kappa shape index (κ3) is 7.78. The maximum Gasteiger partial charge on any atom is 0.187 e. The van der Waals surface area contributed by atoms with E-state index in [1.807, 2.05) is 73.7 Å². The summed E-state index contributed by atoms with van der Waals surface area (Å²) < 4.78 is 32.7. The Morgan fingerprint density at radius 1 is 0.650 bits per heavy atom. The van der Waals surface area contributed by atoms with Gasteiger partial charge in [0.15, 0.2) is 6.29 Å². The lowest BCUT2D eigenvalue weighted by Crippen LogP contribution is -2.61. The minimum atomic E-state index is -0.705. The van der Waals surface area contributed by atoms with E-state index < -0.39 is 24.6 Å². The van der Waals surface area contributed by atoms with Crippen LogP contribution in [-0.2, 0) is 43.5 Å². The smallest absolute Gasteiger partial charge is 0.187 e. The van der Waals surface area contributed by atoms with Gasteiger partial charge in [0.05, 0.1) is 38.1 Å². The molecule has 1 saturated carbocycles. The highest BCUT2D eigenvalue weighted by atomic mass is 16.7. The van der Waals surface area contributed by atoms with Gasteiger partial charge in [0.2, 0.25) is 0 Å². The summed E-state index contributed by atoms with van der Waals surface area (Å²) in [6, 6.07) is 30.3. The van der Waals surface area contributed by atoms with Crippen LogP contribution in [0.2, 0.25) is 0 Å². The van der Waals surface area contributed by atoms with E-state index >= 15 is 0 Å². The van der Waals surface area contributed by atoms with Crippen LogP contribution in [0, 0.1) is 5.92 Å². The van der Waals surface area contributed by atoms with Crippen LogP contribution in [0.4, 0.5) is 0 Å². The maximum atomic E-state index is 10.8. The predicted octanol–water partition coefficient (Wildman–Crippen LogP) is 6.05. The molecule has 3 aromatic rings. The lowest BCUT2D eigenvalue weighted by molar-refractivity contribution is -0.335. The highest BCUT2D eigenvalue weighted by Crippen LogP contribution is 2.34. The fraction of sp³-hybridized carbons (Fsp3) is 0.471. The molecule has 0 bridgehead atoms. The molecule has 3 aromatic carbocycles. The molecule has 0 amide bonds. The predicted molar refractivity (Wildman–Crippen MR) is 153 cm³/mol. The van der Waals surface area contributed by atoms with Crippen molar-refractivity contribution in [2.75, 3.05) is 0 Å². The topological polar surface area (TPSA) is 66.4 Å². The van der Waals surface area contributed by atoms with E-state index in [4.69, 9.17) is 23.7 Å². The van der Waals surface area contributed by atoms with Crippen LogP contribution in [0.5, 0.6) is 0 Å². The molecule has 6 heteroatoms. The largest absolute Gasteiger partial charge is 0.390 e. The fourth-order valence-corrected chi connectivity index (χ4v) is 5.63. The summed E-state index contributed by atoms with van der Waals surface area (Å²) in [7, 11) is 0. The monoisotopic (exact) mass is 546 g/mol. The van der Waals surface area contributed by atoms with Gasteiger partial charge < -0.3 is 28.8 Å². The van der Waals surface area contributed by atoms with Gasteiger partial charge >= 0.3 is 0 Å². The van der Waals surface area contributed by atoms with Gasteiger partial charge in [0.1, 0.15) is 18.3 Å². The van der Waals surface area contributed by atoms with Gasteiger partial charge in [-0.25, -0.2) is 0 Å². The Labute approximate surface area is 238 Å². The molecule has 2 fully saturated rings. The zero-order chi connectivity index (χ0) is 27.7. The first-order valence-electron chi connectivity index (χ1n) is 14.5. The second-order valence-corrected chi connectivity index (χ2v) is 11.2. The molecular weight excluding hydrogens is 504 g/mol. The average Bonchev–Trinajstić information content (AvgIpc) is 2.98. The van der Waals surface area contributed by atoms with E-state index in [2.05, 4.69) is 31.2 Å². The minimum Gasteiger partial charge on any atom is -0.390 e. The number of aliphatic hydroxyl groups excluding tert-OH is 1. The van der Waals surface area contributed by atoms with Gasteiger partial charge in [-0.3, -0.25) is 0 Å². The van der Waals surface area contributed by atoms with Crippen molar-refractivity contribution in [3.63, 3.8) is 0 Å². The first kappa shape index (κ1) is 28.9. The van der Waals surface area contributed by atoms with E-state index in [-0.39, 0.29) is 18.3 Å². The van der Waals surface area contributed by atoms with E-state index in [1.54, 1.807) is 0 Å². The van der Waals surface area contributed by atoms with Crippen molar-refractivity contribution in [1.29, 1.82) is 0 Å². The van der Waals surface area contributed by atoms with E-state index in [0.717, 1.165) is 36.0 Å². The molecule has 1 aliphatic carbocycles. The Hall–Kier alpha value is -2.58. The molecular formula is C34H42O6. The van der Waals surface area contributed by atoms with Gasteiger partial charge in [-0.1, -0.05) is 97.9 Å². The summed E-state index contributed by atoms with van der Waals surface area (Å²) in [6.07, 6.45) is -0.758. The van der Waals surface area contributed by atoms with Gasteiger partial charge in [-0.15, -0.1) is 0 Å². The summed E-state index contributed by atoms with van der Waals surface area (Å²) in [6.45, 7) is 5.39. The molecule has 0 aromatic heterocycles. The minimum absolute atomic E-state index is 0.312. The molecule has 40 heavy (non-hydrogen) atoms. The Bertz CT molecular complexity index is 1130.